The van der Waals surface area contributed by atoms with Crippen LogP contribution < -0.4 is 9.47 Å². The molecule has 2 aromatic rings. The zero-order valence-electron chi connectivity index (χ0n) is 17.9. The van der Waals surface area contributed by atoms with Gasteiger partial charge in [0.05, 0.1) is 37.0 Å². The van der Waals surface area contributed by atoms with Crippen molar-refractivity contribution in [3.63, 3.8) is 0 Å². The van der Waals surface area contributed by atoms with Gasteiger partial charge in [-0.15, -0.1) is 0 Å². The zero-order chi connectivity index (χ0) is 22.4. The molecule has 0 radical (unpaired) electrons. The Morgan fingerprint density at radius 3 is 2.45 bits per heavy atom. The van der Waals surface area contributed by atoms with Crippen LogP contribution in [0.3, 0.4) is 0 Å². The lowest BCUT2D eigenvalue weighted by molar-refractivity contribution is -0.122. The van der Waals surface area contributed by atoms with Crippen LogP contribution in [0.4, 0.5) is 5.69 Å². The van der Waals surface area contributed by atoms with Gasteiger partial charge in [0.2, 0.25) is 0 Å². The van der Waals surface area contributed by atoms with E-state index < -0.39 is 5.97 Å². The van der Waals surface area contributed by atoms with Crippen molar-refractivity contribution in [3.05, 3.63) is 58.5 Å². The minimum atomic E-state index is -0.407. The molecule has 0 unspecified atom stereocenters. The number of likely N-dealkylation sites (N-methyl/N-ethyl adjacent to an activating group) is 1. The number of methoxy groups -OCH3 is 2. The molecule has 0 aliphatic carbocycles. The van der Waals surface area contributed by atoms with E-state index in [2.05, 4.69) is 4.99 Å². The number of carbonyl (C=O) groups is 2. The first-order valence-electron chi connectivity index (χ1n) is 9.80. The van der Waals surface area contributed by atoms with Crippen LogP contribution >= 0.6 is 11.8 Å². The van der Waals surface area contributed by atoms with E-state index >= 15 is 0 Å². The van der Waals surface area contributed by atoms with Crippen LogP contribution in [0.1, 0.15) is 29.8 Å². The van der Waals surface area contributed by atoms with Crippen molar-refractivity contribution < 1.29 is 23.8 Å². The van der Waals surface area contributed by atoms with Crippen molar-refractivity contribution in [1.82, 2.24) is 4.90 Å². The van der Waals surface area contributed by atoms with Crippen LogP contribution in [-0.4, -0.2) is 49.3 Å². The minimum Gasteiger partial charge on any atom is -0.493 e. The van der Waals surface area contributed by atoms with Crippen molar-refractivity contribution in [2.75, 3.05) is 27.4 Å². The summed E-state index contributed by atoms with van der Waals surface area (Å²) in [7, 11) is 2.93. The van der Waals surface area contributed by atoms with E-state index in [0.717, 1.165) is 5.56 Å². The summed E-state index contributed by atoms with van der Waals surface area (Å²) >= 11 is 1.31. The molecule has 1 saturated heterocycles. The molecule has 2 aromatic carbocycles. The van der Waals surface area contributed by atoms with Crippen molar-refractivity contribution in [2.24, 2.45) is 4.99 Å². The molecule has 1 aliphatic rings. The number of amides is 1. The maximum Gasteiger partial charge on any atom is 0.337 e. The molecule has 0 saturated carbocycles. The van der Waals surface area contributed by atoms with Gasteiger partial charge in [-0.1, -0.05) is 6.07 Å². The summed E-state index contributed by atoms with van der Waals surface area (Å²) in [6.45, 7) is 4.81. The van der Waals surface area contributed by atoms with E-state index in [0.29, 0.717) is 46.0 Å². The quantitative estimate of drug-likeness (QED) is 0.466. The summed E-state index contributed by atoms with van der Waals surface area (Å²) in [6.07, 6.45) is 1.82. The van der Waals surface area contributed by atoms with Gasteiger partial charge in [0.1, 0.15) is 0 Å². The van der Waals surface area contributed by atoms with E-state index in [9.17, 15) is 9.59 Å². The second-order valence-corrected chi connectivity index (χ2v) is 7.45. The van der Waals surface area contributed by atoms with Crippen molar-refractivity contribution >= 4 is 40.6 Å². The monoisotopic (exact) mass is 440 g/mol. The highest BCUT2D eigenvalue weighted by molar-refractivity contribution is 8.18. The molecule has 1 fully saturated rings. The van der Waals surface area contributed by atoms with Gasteiger partial charge in [-0.25, -0.2) is 9.79 Å². The van der Waals surface area contributed by atoms with Gasteiger partial charge in [0, 0.05) is 6.54 Å². The second-order valence-electron chi connectivity index (χ2n) is 6.44. The first-order chi connectivity index (χ1) is 15.0. The van der Waals surface area contributed by atoms with E-state index in [4.69, 9.17) is 14.2 Å². The summed E-state index contributed by atoms with van der Waals surface area (Å²) in [5, 5.41) is 0.586. The number of thioether (sulfide) groups is 1. The van der Waals surface area contributed by atoms with E-state index in [1.165, 1.54) is 18.9 Å². The molecule has 3 rings (SSSR count). The number of hydrogen-bond acceptors (Lipinski definition) is 7. The Morgan fingerprint density at radius 1 is 1.10 bits per heavy atom. The summed E-state index contributed by atoms with van der Waals surface area (Å²) < 4.78 is 15.7. The maximum atomic E-state index is 12.9. The Balaban J connectivity index is 1.88. The standard InChI is InChI=1S/C23H24N2O5S/c1-5-25-21(26)20(14-15-7-12-18(28-3)19(13-15)30-6-2)31-23(25)24-17-10-8-16(9-11-17)22(27)29-4/h7-14H,5-6H2,1-4H3/b20-14-,24-23?. The zero-order valence-corrected chi connectivity index (χ0v) is 18.7. The number of esters is 1. The van der Waals surface area contributed by atoms with Crippen molar-refractivity contribution in [1.29, 1.82) is 0 Å². The molecule has 1 heterocycles. The van der Waals surface area contributed by atoms with Gasteiger partial charge in [0.25, 0.3) is 5.91 Å². The van der Waals surface area contributed by atoms with Gasteiger partial charge in [-0.3, -0.25) is 9.69 Å². The van der Waals surface area contributed by atoms with Crippen LogP contribution in [-0.2, 0) is 9.53 Å². The molecule has 7 nitrogen and oxygen atoms in total. The average Bonchev–Trinajstić information content (AvgIpc) is 3.07. The number of nitrogens with zero attached hydrogens (tertiary/aromatic N) is 2. The molecule has 8 heteroatoms. The highest BCUT2D eigenvalue weighted by Crippen LogP contribution is 2.35. The lowest BCUT2D eigenvalue weighted by atomic mass is 10.2. The van der Waals surface area contributed by atoms with Crippen LogP contribution in [0.15, 0.2) is 52.4 Å². The van der Waals surface area contributed by atoms with Gasteiger partial charge in [0.15, 0.2) is 16.7 Å². The van der Waals surface area contributed by atoms with Crippen molar-refractivity contribution in [3.8, 4) is 11.5 Å². The SMILES string of the molecule is CCOc1cc(/C=C2\SC(=Nc3ccc(C(=O)OC)cc3)N(CC)C2=O)ccc1OC. The molecule has 0 spiro atoms. The molecule has 162 valence electrons. The largest absolute Gasteiger partial charge is 0.493 e. The minimum absolute atomic E-state index is 0.105. The molecular weight excluding hydrogens is 416 g/mol. The number of aliphatic imine (C=N–C) groups is 1. The Kier molecular flexibility index (Phi) is 7.36. The average molecular weight is 441 g/mol. The Bertz CT molecular complexity index is 1030. The summed E-state index contributed by atoms with van der Waals surface area (Å²) in [6, 6.07) is 12.3. The van der Waals surface area contributed by atoms with Crippen LogP contribution in [0, 0.1) is 0 Å². The van der Waals surface area contributed by atoms with Gasteiger partial charge >= 0.3 is 5.97 Å². The summed E-state index contributed by atoms with van der Waals surface area (Å²) in [5.41, 5.74) is 1.92. The summed E-state index contributed by atoms with van der Waals surface area (Å²) in [4.78, 5) is 31.3. The Morgan fingerprint density at radius 2 is 1.84 bits per heavy atom. The first kappa shape index (κ1) is 22.4. The fourth-order valence-corrected chi connectivity index (χ4v) is 4.04. The smallest absolute Gasteiger partial charge is 0.337 e. The number of rotatable bonds is 7. The lowest BCUT2D eigenvalue weighted by Crippen LogP contribution is -2.28. The molecule has 0 N–H and O–H groups in total. The first-order valence-corrected chi connectivity index (χ1v) is 10.6. The topological polar surface area (TPSA) is 77.4 Å². The fourth-order valence-electron chi connectivity index (χ4n) is 2.97. The number of benzene rings is 2. The maximum absolute atomic E-state index is 12.9. The molecule has 1 amide bonds. The number of carbonyl (C=O) groups excluding carboxylic acids is 2. The molecule has 1 aliphatic heterocycles. The highest BCUT2D eigenvalue weighted by Gasteiger charge is 2.32. The molecule has 0 bridgehead atoms. The third kappa shape index (κ3) is 5.08. The van der Waals surface area contributed by atoms with Crippen LogP contribution in [0.25, 0.3) is 6.08 Å². The van der Waals surface area contributed by atoms with Gasteiger partial charge < -0.3 is 14.2 Å². The Hall–Kier alpha value is -3.26. The number of ether oxygens (including phenoxy) is 3. The van der Waals surface area contributed by atoms with Gasteiger partial charge in [-0.05, 0) is 73.6 Å². The number of amidine groups is 1. The van der Waals surface area contributed by atoms with Crippen LogP contribution in [0.2, 0.25) is 0 Å². The molecule has 31 heavy (non-hydrogen) atoms. The summed E-state index contributed by atoms with van der Waals surface area (Å²) in [5.74, 6) is 0.756. The fraction of sp³-hybridized carbons (Fsp3) is 0.261. The lowest BCUT2D eigenvalue weighted by Gasteiger charge is -2.12. The molecule has 0 aromatic heterocycles. The predicted octanol–water partition coefficient (Wildman–Crippen LogP) is 4.50. The van der Waals surface area contributed by atoms with Crippen molar-refractivity contribution in [2.45, 2.75) is 13.8 Å². The normalized spacial score (nSPS) is 16.1. The molecular formula is C23H24N2O5S. The van der Waals surface area contributed by atoms with E-state index in [1.54, 1.807) is 36.3 Å². The second kappa shape index (κ2) is 10.2. The highest BCUT2D eigenvalue weighted by atomic mass is 32.2. The van der Waals surface area contributed by atoms with Crippen LogP contribution in [0.5, 0.6) is 11.5 Å². The third-order valence-electron chi connectivity index (χ3n) is 4.50. The molecule has 0 atom stereocenters. The Labute approximate surface area is 185 Å². The number of hydrogen-bond donors (Lipinski definition) is 0. The van der Waals surface area contributed by atoms with E-state index in [1.807, 2.05) is 38.1 Å². The predicted molar refractivity (Wildman–Crippen MR) is 122 cm³/mol. The van der Waals surface area contributed by atoms with Gasteiger partial charge in [-0.2, -0.15) is 0 Å². The van der Waals surface area contributed by atoms with E-state index in [-0.39, 0.29) is 5.91 Å². The third-order valence-corrected chi connectivity index (χ3v) is 5.51.